The Morgan fingerprint density at radius 2 is 1.54 bits per heavy atom. The number of para-hydroxylation sites is 1. The van der Waals surface area contributed by atoms with Gasteiger partial charge < -0.3 is 24.2 Å². The lowest BCUT2D eigenvalue weighted by atomic mass is 10.1. The molecule has 0 aliphatic carbocycles. The van der Waals surface area contributed by atoms with Crippen LogP contribution in [0.2, 0.25) is 0 Å². The zero-order valence-electron chi connectivity index (χ0n) is 26.6. The molecule has 2 aliphatic heterocycles. The maximum atomic E-state index is 14.3. The Morgan fingerprint density at radius 3 is 2.14 bits per heavy atom. The van der Waals surface area contributed by atoms with E-state index in [-0.39, 0.29) is 57.5 Å². The Labute approximate surface area is 281 Å². The van der Waals surface area contributed by atoms with Gasteiger partial charge in [-0.15, -0.1) is 0 Å². The fraction of sp³-hybridized carbons (Fsp3) is 0.364. The third-order valence-electron chi connectivity index (χ3n) is 8.49. The first-order chi connectivity index (χ1) is 23.8. The SMILES string of the molecule is COc1ccc(Cn2nc(N3C[C@H](Oc4ccccc4)C[C@H]3C(=O)N3CCN(c4ncc(C(F)(F)F)cn4)CC3)cc(C(F)(F)F)c2=O)cc1. The average Bonchev–Trinajstić information content (AvgIpc) is 3.52. The summed E-state index contributed by atoms with van der Waals surface area (Å²) in [5, 5.41) is 4.33. The van der Waals surface area contributed by atoms with E-state index < -0.39 is 47.1 Å². The van der Waals surface area contributed by atoms with Crippen LogP contribution < -0.4 is 24.8 Å². The molecule has 2 aromatic carbocycles. The van der Waals surface area contributed by atoms with Gasteiger partial charge in [-0.3, -0.25) is 9.59 Å². The maximum Gasteiger partial charge on any atom is 0.421 e. The van der Waals surface area contributed by atoms with Crippen molar-refractivity contribution in [2.45, 2.75) is 37.5 Å². The van der Waals surface area contributed by atoms with Gasteiger partial charge in [-0.2, -0.15) is 31.4 Å². The number of benzene rings is 2. The van der Waals surface area contributed by atoms with Crippen molar-refractivity contribution in [1.29, 1.82) is 0 Å². The number of carbonyl (C=O) groups is 1. The van der Waals surface area contributed by atoms with Crippen LogP contribution in [0, 0.1) is 0 Å². The number of ether oxygens (including phenoxy) is 2. The molecule has 0 bridgehead atoms. The van der Waals surface area contributed by atoms with Gasteiger partial charge in [0.05, 0.1) is 25.8 Å². The number of amides is 1. The molecule has 17 heteroatoms. The van der Waals surface area contributed by atoms with Crippen LogP contribution in [0.25, 0.3) is 0 Å². The number of hydrogen-bond donors (Lipinski definition) is 0. The molecule has 2 aliphatic rings. The van der Waals surface area contributed by atoms with Crippen molar-refractivity contribution in [1.82, 2.24) is 24.6 Å². The number of nitrogens with zero attached hydrogens (tertiary/aromatic N) is 7. The average molecular weight is 704 g/mol. The van der Waals surface area contributed by atoms with Crippen LogP contribution in [0.1, 0.15) is 23.1 Å². The Kier molecular flexibility index (Phi) is 9.58. The van der Waals surface area contributed by atoms with Gasteiger partial charge >= 0.3 is 12.4 Å². The normalized spacial score (nSPS) is 18.3. The van der Waals surface area contributed by atoms with Gasteiger partial charge in [0.15, 0.2) is 5.82 Å². The second-order valence-corrected chi connectivity index (χ2v) is 11.8. The number of methoxy groups -OCH3 is 1. The predicted octanol–water partition coefficient (Wildman–Crippen LogP) is 4.50. The third-order valence-corrected chi connectivity index (χ3v) is 8.49. The summed E-state index contributed by atoms with van der Waals surface area (Å²) in [4.78, 5) is 39.4. The zero-order chi connectivity index (χ0) is 35.6. The molecule has 0 unspecified atom stereocenters. The molecule has 2 saturated heterocycles. The topological polar surface area (TPSA) is 106 Å². The summed E-state index contributed by atoms with van der Waals surface area (Å²) in [6.07, 6.45) is -8.72. The Morgan fingerprint density at radius 1 is 0.880 bits per heavy atom. The fourth-order valence-electron chi connectivity index (χ4n) is 5.91. The van der Waals surface area contributed by atoms with Crippen molar-refractivity contribution in [2.75, 3.05) is 49.6 Å². The van der Waals surface area contributed by atoms with E-state index in [1.807, 2.05) is 0 Å². The summed E-state index contributed by atoms with van der Waals surface area (Å²) >= 11 is 0. The smallest absolute Gasteiger partial charge is 0.421 e. The van der Waals surface area contributed by atoms with Gasteiger partial charge in [-0.25, -0.2) is 14.6 Å². The van der Waals surface area contributed by atoms with Crippen molar-refractivity contribution < 1.29 is 40.6 Å². The fourth-order valence-corrected chi connectivity index (χ4v) is 5.91. The zero-order valence-corrected chi connectivity index (χ0v) is 26.6. The van der Waals surface area contributed by atoms with Gasteiger partial charge in [-0.05, 0) is 29.8 Å². The highest BCUT2D eigenvalue weighted by atomic mass is 19.4. The van der Waals surface area contributed by atoms with Crippen molar-refractivity contribution in [2.24, 2.45) is 0 Å². The van der Waals surface area contributed by atoms with E-state index in [4.69, 9.17) is 9.47 Å². The van der Waals surface area contributed by atoms with E-state index in [1.54, 1.807) is 59.5 Å². The van der Waals surface area contributed by atoms with Crippen LogP contribution in [-0.2, 0) is 23.7 Å². The minimum atomic E-state index is -5.01. The Hall–Kier alpha value is -5.35. The van der Waals surface area contributed by atoms with E-state index in [9.17, 15) is 35.9 Å². The molecule has 11 nitrogen and oxygen atoms in total. The van der Waals surface area contributed by atoms with Crippen molar-refractivity contribution in [3.05, 3.63) is 100 Å². The van der Waals surface area contributed by atoms with E-state index >= 15 is 0 Å². The summed E-state index contributed by atoms with van der Waals surface area (Å²) in [6.45, 7) is 0.430. The minimum absolute atomic E-state index is 0.00427. The van der Waals surface area contributed by atoms with Crippen LogP contribution in [0.3, 0.4) is 0 Å². The standard InChI is InChI=1S/C33H31F6N7O4/c1-49-23-9-7-21(8-10-23)19-46-29(47)26(33(37,38)39)16-28(42-46)45-20-25(50-24-5-3-2-4-6-24)15-27(45)30(48)43-11-13-44(14-12-43)31-40-17-22(18-41-31)32(34,35)36/h2-10,16-18,25,27H,11-15,19-20H2,1H3/t25-,27+/m1/s1. The molecule has 1 amide bonds. The van der Waals surface area contributed by atoms with E-state index in [0.29, 0.717) is 35.5 Å². The predicted molar refractivity (Wildman–Crippen MR) is 168 cm³/mol. The minimum Gasteiger partial charge on any atom is -0.497 e. The van der Waals surface area contributed by atoms with E-state index in [0.717, 1.165) is 4.68 Å². The summed E-state index contributed by atoms with van der Waals surface area (Å²) in [5.74, 6) is 0.477. The molecule has 2 aromatic heterocycles. The molecule has 6 rings (SSSR count). The van der Waals surface area contributed by atoms with Crippen molar-refractivity contribution in [3.63, 3.8) is 0 Å². The molecule has 0 radical (unpaired) electrons. The molecule has 2 fully saturated rings. The van der Waals surface area contributed by atoms with Crippen LogP contribution in [-0.4, -0.2) is 82.5 Å². The monoisotopic (exact) mass is 703 g/mol. The summed E-state index contributed by atoms with van der Waals surface area (Å²) in [5.41, 5.74) is -3.25. The molecule has 0 N–H and O–H groups in total. The maximum absolute atomic E-state index is 14.3. The van der Waals surface area contributed by atoms with Crippen LogP contribution in [0.5, 0.6) is 11.5 Å². The molecular weight excluding hydrogens is 672 g/mol. The summed E-state index contributed by atoms with van der Waals surface area (Å²) in [6, 6.07) is 14.8. The Bertz CT molecular complexity index is 1850. The van der Waals surface area contributed by atoms with Crippen LogP contribution in [0.15, 0.2) is 77.9 Å². The van der Waals surface area contributed by atoms with Crippen molar-refractivity contribution >= 4 is 17.7 Å². The van der Waals surface area contributed by atoms with Crippen LogP contribution >= 0.6 is 0 Å². The number of hydrogen-bond acceptors (Lipinski definition) is 9. The highest BCUT2D eigenvalue weighted by Gasteiger charge is 2.43. The number of aromatic nitrogens is 4. The van der Waals surface area contributed by atoms with Crippen LogP contribution in [0.4, 0.5) is 38.1 Å². The first-order valence-corrected chi connectivity index (χ1v) is 15.5. The highest BCUT2D eigenvalue weighted by Crippen LogP contribution is 2.33. The number of rotatable bonds is 8. The molecule has 2 atom stereocenters. The molecule has 0 saturated carbocycles. The van der Waals surface area contributed by atoms with E-state index in [1.165, 1.54) is 16.9 Å². The highest BCUT2D eigenvalue weighted by molar-refractivity contribution is 5.86. The number of carbonyl (C=O) groups excluding carboxylic acids is 1. The largest absolute Gasteiger partial charge is 0.497 e. The van der Waals surface area contributed by atoms with Gasteiger partial charge in [0.1, 0.15) is 29.2 Å². The molecule has 264 valence electrons. The Balaban J connectivity index is 1.27. The number of piperazine rings is 1. The lowest BCUT2D eigenvalue weighted by Gasteiger charge is -2.37. The van der Waals surface area contributed by atoms with Gasteiger partial charge in [0, 0.05) is 51.1 Å². The first-order valence-electron chi connectivity index (χ1n) is 15.5. The number of alkyl halides is 6. The molecule has 4 heterocycles. The lowest BCUT2D eigenvalue weighted by molar-refractivity contribution is -0.139. The summed E-state index contributed by atoms with van der Waals surface area (Å²) < 4.78 is 93.7. The second kappa shape index (κ2) is 13.9. The van der Waals surface area contributed by atoms with Crippen molar-refractivity contribution in [3.8, 4) is 11.5 Å². The van der Waals surface area contributed by atoms with E-state index in [2.05, 4.69) is 15.1 Å². The molecule has 4 aromatic rings. The lowest BCUT2D eigenvalue weighted by Crippen LogP contribution is -2.54. The third kappa shape index (κ3) is 7.60. The van der Waals surface area contributed by atoms with Gasteiger partial charge in [0.25, 0.3) is 5.56 Å². The van der Waals surface area contributed by atoms with Gasteiger partial charge in [0.2, 0.25) is 11.9 Å². The molecular formula is C33H31F6N7O4. The molecule has 50 heavy (non-hydrogen) atoms. The molecule has 0 spiro atoms. The quantitative estimate of drug-likeness (QED) is 0.246. The van der Waals surface area contributed by atoms with Gasteiger partial charge in [-0.1, -0.05) is 30.3 Å². The summed E-state index contributed by atoms with van der Waals surface area (Å²) in [7, 11) is 1.47. The first kappa shape index (κ1) is 34.5. The number of anilines is 2. The number of halogens is 6. The second-order valence-electron chi connectivity index (χ2n) is 11.8.